The maximum atomic E-state index is 12.3. The lowest BCUT2D eigenvalue weighted by Crippen LogP contribution is -2.45. The molecule has 1 amide bonds. The minimum absolute atomic E-state index is 0.140. The summed E-state index contributed by atoms with van der Waals surface area (Å²) in [6.07, 6.45) is 6.51. The maximum absolute atomic E-state index is 12.3. The van der Waals surface area contributed by atoms with E-state index in [1.54, 1.807) is 0 Å². The average molecular weight is 283 g/mol. The molecule has 114 valence electrons. The SMILES string of the molecule is CN(C(=O)CC1CCCO1)C1CCC2(CC1)OCCO2. The van der Waals surface area contributed by atoms with Gasteiger partial charge < -0.3 is 19.1 Å². The summed E-state index contributed by atoms with van der Waals surface area (Å²) in [7, 11) is 1.93. The number of hydrogen-bond donors (Lipinski definition) is 0. The third-order valence-electron chi connectivity index (χ3n) is 4.90. The van der Waals surface area contributed by atoms with Gasteiger partial charge in [0.1, 0.15) is 0 Å². The number of carbonyl (C=O) groups excluding carboxylic acids is 1. The first-order valence-corrected chi connectivity index (χ1v) is 7.84. The normalized spacial score (nSPS) is 29.9. The molecule has 1 saturated carbocycles. The standard InChI is InChI=1S/C15H25NO4/c1-16(14(17)11-13-3-2-8-18-13)12-4-6-15(7-5-12)19-9-10-20-15/h12-13H,2-11H2,1H3. The molecule has 3 fully saturated rings. The van der Waals surface area contributed by atoms with Gasteiger partial charge in [-0.2, -0.15) is 0 Å². The number of nitrogens with zero attached hydrogens (tertiary/aromatic N) is 1. The Hall–Kier alpha value is -0.650. The molecule has 20 heavy (non-hydrogen) atoms. The van der Waals surface area contributed by atoms with E-state index in [0.29, 0.717) is 25.7 Å². The summed E-state index contributed by atoms with van der Waals surface area (Å²) in [6, 6.07) is 0.322. The van der Waals surface area contributed by atoms with Gasteiger partial charge in [-0.1, -0.05) is 0 Å². The molecule has 0 aromatic carbocycles. The zero-order valence-corrected chi connectivity index (χ0v) is 12.3. The summed E-state index contributed by atoms with van der Waals surface area (Å²) < 4.78 is 17.0. The zero-order chi connectivity index (χ0) is 14.0. The van der Waals surface area contributed by atoms with Gasteiger partial charge in [0.25, 0.3) is 0 Å². The van der Waals surface area contributed by atoms with Crippen LogP contribution in [0.2, 0.25) is 0 Å². The van der Waals surface area contributed by atoms with Gasteiger partial charge in [-0.05, 0) is 25.7 Å². The van der Waals surface area contributed by atoms with Crippen LogP contribution in [0.3, 0.4) is 0 Å². The lowest BCUT2D eigenvalue weighted by Gasteiger charge is -2.39. The Bertz CT molecular complexity index is 338. The van der Waals surface area contributed by atoms with Crippen LogP contribution in [0.1, 0.15) is 44.9 Å². The molecule has 0 aromatic heterocycles. The fraction of sp³-hybridized carbons (Fsp3) is 0.933. The number of amides is 1. The Morgan fingerprint density at radius 2 is 1.85 bits per heavy atom. The highest BCUT2D eigenvalue weighted by atomic mass is 16.7. The van der Waals surface area contributed by atoms with Gasteiger partial charge in [0.15, 0.2) is 5.79 Å². The lowest BCUT2D eigenvalue weighted by atomic mass is 9.89. The van der Waals surface area contributed by atoms with E-state index in [4.69, 9.17) is 14.2 Å². The first-order valence-electron chi connectivity index (χ1n) is 7.84. The van der Waals surface area contributed by atoms with E-state index < -0.39 is 0 Å². The van der Waals surface area contributed by atoms with Gasteiger partial charge in [0.2, 0.25) is 5.91 Å². The molecular weight excluding hydrogens is 258 g/mol. The summed E-state index contributed by atoms with van der Waals surface area (Å²) in [5, 5.41) is 0. The largest absolute Gasteiger partial charge is 0.378 e. The summed E-state index contributed by atoms with van der Waals surface area (Å²) in [5.74, 6) is -0.124. The average Bonchev–Trinajstić information content (AvgIpc) is 3.11. The first kappa shape index (κ1) is 14.3. The minimum atomic E-state index is -0.338. The molecule has 5 heteroatoms. The van der Waals surface area contributed by atoms with Gasteiger partial charge >= 0.3 is 0 Å². The van der Waals surface area contributed by atoms with Crippen LogP contribution < -0.4 is 0 Å². The zero-order valence-electron chi connectivity index (χ0n) is 12.3. The van der Waals surface area contributed by atoms with Crippen LogP contribution in [0.25, 0.3) is 0 Å². The van der Waals surface area contributed by atoms with Crippen molar-refractivity contribution < 1.29 is 19.0 Å². The van der Waals surface area contributed by atoms with Crippen molar-refractivity contribution >= 4 is 5.91 Å². The molecule has 0 bridgehead atoms. The summed E-state index contributed by atoms with van der Waals surface area (Å²) in [4.78, 5) is 14.2. The molecule has 5 nitrogen and oxygen atoms in total. The van der Waals surface area contributed by atoms with Crippen molar-refractivity contribution in [1.82, 2.24) is 4.90 Å². The lowest BCUT2D eigenvalue weighted by molar-refractivity contribution is -0.184. The Labute approximate surface area is 120 Å². The van der Waals surface area contributed by atoms with Crippen molar-refractivity contribution in [1.29, 1.82) is 0 Å². The molecule has 0 aromatic rings. The molecule has 2 aliphatic heterocycles. The van der Waals surface area contributed by atoms with Gasteiger partial charge in [-0.15, -0.1) is 0 Å². The number of rotatable bonds is 3. The van der Waals surface area contributed by atoms with Crippen LogP contribution in [-0.4, -0.2) is 55.6 Å². The molecule has 2 saturated heterocycles. The molecule has 1 aliphatic carbocycles. The van der Waals surface area contributed by atoms with Gasteiger partial charge in [-0.3, -0.25) is 4.79 Å². The predicted molar refractivity (Wildman–Crippen MR) is 73.3 cm³/mol. The van der Waals surface area contributed by atoms with Gasteiger partial charge in [0.05, 0.1) is 25.7 Å². The van der Waals surface area contributed by atoms with Crippen molar-refractivity contribution in [3.63, 3.8) is 0 Å². The Morgan fingerprint density at radius 1 is 1.15 bits per heavy atom. The maximum Gasteiger partial charge on any atom is 0.225 e. The Kier molecular flexibility index (Phi) is 4.29. The van der Waals surface area contributed by atoms with E-state index in [-0.39, 0.29) is 17.8 Å². The topological polar surface area (TPSA) is 48.0 Å². The van der Waals surface area contributed by atoms with Crippen molar-refractivity contribution in [3.05, 3.63) is 0 Å². The highest BCUT2D eigenvalue weighted by Gasteiger charge is 2.41. The van der Waals surface area contributed by atoms with Crippen LogP contribution in [0.15, 0.2) is 0 Å². The van der Waals surface area contributed by atoms with E-state index in [1.165, 1.54) is 0 Å². The van der Waals surface area contributed by atoms with E-state index >= 15 is 0 Å². The van der Waals surface area contributed by atoms with Crippen LogP contribution in [0.5, 0.6) is 0 Å². The fourth-order valence-corrected chi connectivity index (χ4v) is 3.56. The van der Waals surface area contributed by atoms with E-state index in [9.17, 15) is 4.79 Å². The van der Waals surface area contributed by atoms with Crippen LogP contribution >= 0.6 is 0 Å². The summed E-state index contributed by atoms with van der Waals surface area (Å²) in [5.41, 5.74) is 0. The second-order valence-corrected chi connectivity index (χ2v) is 6.18. The molecule has 2 heterocycles. The van der Waals surface area contributed by atoms with Gasteiger partial charge in [-0.25, -0.2) is 0 Å². The third-order valence-corrected chi connectivity index (χ3v) is 4.90. The Morgan fingerprint density at radius 3 is 2.45 bits per heavy atom. The smallest absolute Gasteiger partial charge is 0.225 e. The summed E-state index contributed by atoms with van der Waals surface area (Å²) >= 11 is 0. The first-order chi connectivity index (χ1) is 9.69. The van der Waals surface area contributed by atoms with Crippen LogP contribution in [0, 0.1) is 0 Å². The summed E-state index contributed by atoms with van der Waals surface area (Å²) in [6.45, 7) is 2.22. The minimum Gasteiger partial charge on any atom is -0.378 e. The Balaban J connectivity index is 1.47. The van der Waals surface area contributed by atoms with Crippen molar-refractivity contribution in [2.45, 2.75) is 62.9 Å². The van der Waals surface area contributed by atoms with Crippen molar-refractivity contribution in [2.75, 3.05) is 26.9 Å². The third kappa shape index (κ3) is 3.00. The molecule has 0 N–H and O–H groups in total. The van der Waals surface area contributed by atoms with E-state index in [1.807, 2.05) is 11.9 Å². The van der Waals surface area contributed by atoms with Crippen LogP contribution in [0.4, 0.5) is 0 Å². The molecule has 0 radical (unpaired) electrons. The second-order valence-electron chi connectivity index (χ2n) is 6.18. The van der Waals surface area contributed by atoms with Crippen LogP contribution in [-0.2, 0) is 19.0 Å². The van der Waals surface area contributed by atoms with E-state index in [0.717, 1.165) is 45.1 Å². The molecule has 1 atom stereocenters. The van der Waals surface area contributed by atoms with E-state index in [2.05, 4.69) is 0 Å². The highest BCUT2D eigenvalue weighted by Crippen LogP contribution is 2.37. The van der Waals surface area contributed by atoms with Crippen molar-refractivity contribution in [2.24, 2.45) is 0 Å². The second kappa shape index (κ2) is 6.00. The number of carbonyl (C=O) groups is 1. The molecule has 3 rings (SSSR count). The predicted octanol–water partition coefficient (Wildman–Crippen LogP) is 1.70. The molecule has 1 spiro atoms. The fourth-order valence-electron chi connectivity index (χ4n) is 3.56. The monoisotopic (exact) mass is 283 g/mol. The molecule has 3 aliphatic rings. The number of hydrogen-bond acceptors (Lipinski definition) is 4. The van der Waals surface area contributed by atoms with Gasteiger partial charge in [0, 0.05) is 32.5 Å². The molecular formula is C15H25NO4. The quantitative estimate of drug-likeness (QED) is 0.791. The highest BCUT2D eigenvalue weighted by molar-refractivity contribution is 5.76. The number of ether oxygens (including phenoxy) is 3. The molecule has 1 unspecified atom stereocenters. The van der Waals surface area contributed by atoms with Crippen molar-refractivity contribution in [3.8, 4) is 0 Å².